The summed E-state index contributed by atoms with van der Waals surface area (Å²) in [7, 11) is -3.44. The highest BCUT2D eigenvalue weighted by Gasteiger charge is 2.27. The average Bonchev–Trinajstić information content (AvgIpc) is 2.31. The van der Waals surface area contributed by atoms with Crippen LogP contribution in [0.3, 0.4) is 0 Å². The van der Waals surface area contributed by atoms with Crippen molar-refractivity contribution in [1.82, 2.24) is 5.06 Å². The number of nitrogens with zero attached hydrogens (tertiary/aromatic N) is 1. The highest BCUT2D eigenvalue weighted by Crippen LogP contribution is 2.17. The van der Waals surface area contributed by atoms with Crippen LogP contribution in [0.25, 0.3) is 0 Å². The highest BCUT2D eigenvalue weighted by atomic mass is 32.2. The third-order valence-electron chi connectivity index (χ3n) is 1.76. The number of hydroxylamine groups is 2. The fourth-order valence-corrected chi connectivity index (χ4v) is 1.81. The maximum absolute atomic E-state index is 10.7. The van der Waals surface area contributed by atoms with E-state index in [-0.39, 0.29) is 12.6 Å². The van der Waals surface area contributed by atoms with Crippen molar-refractivity contribution in [2.75, 3.05) is 19.4 Å². The highest BCUT2D eigenvalue weighted by molar-refractivity contribution is 7.85. The van der Waals surface area contributed by atoms with Gasteiger partial charge in [0.25, 0.3) is 10.1 Å². The zero-order chi connectivity index (χ0) is 9.19. The molecule has 0 spiro atoms. The molecule has 0 saturated carbocycles. The lowest BCUT2D eigenvalue weighted by Crippen LogP contribution is -2.34. The van der Waals surface area contributed by atoms with Crippen molar-refractivity contribution >= 4 is 10.1 Å². The van der Waals surface area contributed by atoms with Gasteiger partial charge in [0, 0.05) is 6.54 Å². The molecule has 1 aliphatic rings. The van der Waals surface area contributed by atoms with E-state index < -0.39 is 10.1 Å². The second-order valence-electron chi connectivity index (χ2n) is 2.90. The van der Waals surface area contributed by atoms with Gasteiger partial charge in [-0.05, 0) is 12.8 Å². The van der Waals surface area contributed by atoms with Gasteiger partial charge in [-0.25, -0.2) is 0 Å². The maximum Gasteiger partial charge on any atom is 0.280 e. The third kappa shape index (κ3) is 2.71. The molecule has 1 heterocycles. The van der Waals surface area contributed by atoms with Crippen molar-refractivity contribution in [2.24, 2.45) is 0 Å². The van der Waals surface area contributed by atoms with Crippen molar-refractivity contribution in [2.45, 2.75) is 18.9 Å². The van der Waals surface area contributed by atoms with Gasteiger partial charge in [-0.2, -0.15) is 17.8 Å². The summed E-state index contributed by atoms with van der Waals surface area (Å²) in [6.07, 6.45) is 2.65. The molecule has 1 N–H and O–H groups in total. The summed E-state index contributed by atoms with van der Waals surface area (Å²) in [6.45, 7) is 0.508. The van der Waals surface area contributed by atoms with E-state index in [4.69, 9.17) is 5.11 Å². The molecule has 0 amide bonds. The monoisotopic (exact) mass is 195 g/mol. The first kappa shape index (κ1) is 9.91. The molecule has 1 rings (SSSR count). The van der Waals surface area contributed by atoms with Crippen LogP contribution in [-0.4, -0.2) is 44.0 Å². The first-order valence-corrected chi connectivity index (χ1v) is 5.61. The summed E-state index contributed by atoms with van der Waals surface area (Å²) in [5.74, 6) is 0. The van der Waals surface area contributed by atoms with E-state index in [1.54, 1.807) is 0 Å². The Labute approximate surface area is 72.0 Å². The Kier molecular flexibility index (Phi) is 3.05. The second-order valence-corrected chi connectivity index (χ2v) is 4.46. The summed E-state index contributed by atoms with van der Waals surface area (Å²) in [6, 6.07) is -0.167. The van der Waals surface area contributed by atoms with Crippen LogP contribution in [0.2, 0.25) is 0 Å². The average molecular weight is 195 g/mol. The third-order valence-corrected chi connectivity index (χ3v) is 2.23. The van der Waals surface area contributed by atoms with Crippen LogP contribution in [0.5, 0.6) is 0 Å². The predicted octanol–water partition coefficient (Wildman–Crippen LogP) is -0.666. The van der Waals surface area contributed by atoms with Gasteiger partial charge in [0.05, 0.1) is 18.9 Å². The van der Waals surface area contributed by atoms with E-state index in [0.29, 0.717) is 6.54 Å². The molecule has 0 aliphatic carbocycles. The number of rotatable bonds is 3. The second kappa shape index (κ2) is 3.69. The van der Waals surface area contributed by atoms with Crippen LogP contribution in [0.1, 0.15) is 12.8 Å². The SMILES string of the molecule is CS(=O)(=O)ON1CCC[C@H]1CO. The normalized spacial score (nSPS) is 26.3. The molecule has 1 atom stereocenters. The minimum absolute atomic E-state index is 0.0600. The van der Waals surface area contributed by atoms with E-state index >= 15 is 0 Å². The van der Waals surface area contributed by atoms with E-state index in [0.717, 1.165) is 19.1 Å². The number of aliphatic hydroxyl groups is 1. The Hall–Kier alpha value is -0.170. The molecular formula is C6H13NO4S. The van der Waals surface area contributed by atoms with Gasteiger partial charge in [0.2, 0.25) is 0 Å². The summed E-state index contributed by atoms with van der Waals surface area (Å²) < 4.78 is 26.1. The van der Waals surface area contributed by atoms with Crippen molar-refractivity contribution < 1.29 is 17.8 Å². The smallest absolute Gasteiger partial charge is 0.280 e. The van der Waals surface area contributed by atoms with Crippen molar-refractivity contribution in [3.63, 3.8) is 0 Å². The fourth-order valence-electron chi connectivity index (χ4n) is 1.26. The summed E-state index contributed by atoms with van der Waals surface area (Å²) in [5, 5.41) is 10.1. The van der Waals surface area contributed by atoms with Crippen LogP contribution < -0.4 is 0 Å². The molecule has 5 nitrogen and oxygen atoms in total. The first-order chi connectivity index (χ1) is 5.53. The molecule has 1 fully saturated rings. The lowest BCUT2D eigenvalue weighted by atomic mass is 10.2. The molecule has 0 bridgehead atoms. The summed E-state index contributed by atoms with van der Waals surface area (Å²) in [4.78, 5) is 0. The van der Waals surface area contributed by atoms with Gasteiger partial charge in [-0.15, -0.1) is 0 Å². The Morgan fingerprint density at radius 2 is 2.33 bits per heavy atom. The van der Waals surface area contributed by atoms with Gasteiger partial charge in [0.1, 0.15) is 0 Å². The number of hydrogen-bond acceptors (Lipinski definition) is 5. The van der Waals surface area contributed by atoms with Crippen LogP contribution in [0, 0.1) is 0 Å². The molecule has 1 saturated heterocycles. The molecule has 0 radical (unpaired) electrons. The van der Waals surface area contributed by atoms with Gasteiger partial charge in [-0.3, -0.25) is 0 Å². The standard InChI is InChI=1S/C6H13NO4S/c1-12(9,10)11-7-4-2-3-6(7)5-8/h6,8H,2-5H2,1H3/t6-/m0/s1. The lowest BCUT2D eigenvalue weighted by Gasteiger charge is -2.19. The lowest BCUT2D eigenvalue weighted by molar-refractivity contribution is -0.0758. The van der Waals surface area contributed by atoms with Gasteiger partial charge in [-0.1, -0.05) is 0 Å². The van der Waals surface area contributed by atoms with Gasteiger partial charge >= 0.3 is 0 Å². The zero-order valence-corrected chi connectivity index (χ0v) is 7.75. The first-order valence-electron chi connectivity index (χ1n) is 3.80. The number of hydrogen-bond donors (Lipinski definition) is 1. The Balaban J connectivity index is 2.52. The van der Waals surface area contributed by atoms with Crippen LogP contribution in [0.4, 0.5) is 0 Å². The van der Waals surface area contributed by atoms with E-state index in [1.165, 1.54) is 5.06 Å². The molecule has 0 aromatic carbocycles. The summed E-state index contributed by atoms with van der Waals surface area (Å²) in [5.41, 5.74) is 0. The van der Waals surface area contributed by atoms with E-state index in [9.17, 15) is 8.42 Å². The van der Waals surface area contributed by atoms with Crippen molar-refractivity contribution in [3.8, 4) is 0 Å². The van der Waals surface area contributed by atoms with E-state index in [1.807, 2.05) is 0 Å². The van der Waals surface area contributed by atoms with Crippen molar-refractivity contribution in [1.29, 1.82) is 0 Å². The Bertz CT molecular complexity index is 238. The molecule has 12 heavy (non-hydrogen) atoms. The molecule has 0 unspecified atom stereocenters. The van der Waals surface area contributed by atoms with Crippen LogP contribution in [0.15, 0.2) is 0 Å². The van der Waals surface area contributed by atoms with Crippen molar-refractivity contribution in [3.05, 3.63) is 0 Å². The molecule has 72 valence electrons. The van der Waals surface area contributed by atoms with Crippen LogP contribution in [-0.2, 0) is 14.4 Å². The van der Waals surface area contributed by atoms with E-state index in [2.05, 4.69) is 4.28 Å². The zero-order valence-electron chi connectivity index (χ0n) is 6.93. The maximum atomic E-state index is 10.7. The Morgan fingerprint density at radius 3 is 2.83 bits per heavy atom. The fraction of sp³-hybridized carbons (Fsp3) is 1.00. The molecular weight excluding hydrogens is 182 g/mol. The van der Waals surface area contributed by atoms with Gasteiger partial charge in [0.15, 0.2) is 0 Å². The minimum atomic E-state index is -3.44. The van der Waals surface area contributed by atoms with Crippen LogP contribution >= 0.6 is 0 Å². The number of aliphatic hydroxyl groups excluding tert-OH is 1. The quantitative estimate of drug-likeness (QED) is 0.647. The largest absolute Gasteiger partial charge is 0.395 e. The topological polar surface area (TPSA) is 66.8 Å². The minimum Gasteiger partial charge on any atom is -0.395 e. The molecule has 6 heteroatoms. The Morgan fingerprint density at radius 1 is 1.67 bits per heavy atom. The van der Waals surface area contributed by atoms with Gasteiger partial charge < -0.3 is 5.11 Å². The molecule has 1 aliphatic heterocycles. The molecule has 0 aromatic heterocycles. The summed E-state index contributed by atoms with van der Waals surface area (Å²) >= 11 is 0. The predicted molar refractivity (Wildman–Crippen MR) is 42.7 cm³/mol. The molecule has 0 aromatic rings.